The molecular weight excluding hydrogens is 436 g/mol. The Kier molecular flexibility index (Phi) is 5.99. The monoisotopic (exact) mass is 458 g/mol. The Balaban J connectivity index is 1.40. The molecule has 0 radical (unpaired) electrons. The Hall–Kier alpha value is -3.78. The molecule has 3 aliphatic rings. The number of hydrazone groups is 1. The lowest BCUT2D eigenvalue weighted by Crippen LogP contribution is -2.40. The van der Waals surface area contributed by atoms with E-state index in [-0.39, 0.29) is 24.0 Å². The largest absolute Gasteiger partial charge is 0.454 e. The predicted molar refractivity (Wildman–Crippen MR) is 116 cm³/mol. The molecule has 0 unspecified atom stereocenters. The van der Waals surface area contributed by atoms with Gasteiger partial charge in [0.05, 0.1) is 49.2 Å². The van der Waals surface area contributed by atoms with Crippen LogP contribution in [0.4, 0.5) is 23.5 Å². The minimum Gasteiger partial charge on any atom is -0.454 e. The van der Waals surface area contributed by atoms with Crippen LogP contribution in [0.5, 0.6) is 11.5 Å². The molecule has 174 valence electrons. The highest BCUT2D eigenvalue weighted by Gasteiger charge is 2.23. The van der Waals surface area contributed by atoms with Crippen LogP contribution in [-0.2, 0) is 9.47 Å². The van der Waals surface area contributed by atoms with Crippen molar-refractivity contribution < 1.29 is 23.9 Å². The van der Waals surface area contributed by atoms with Gasteiger partial charge < -0.3 is 28.7 Å². The third-order valence-corrected chi connectivity index (χ3v) is 5.29. The number of rotatable bonds is 6. The van der Waals surface area contributed by atoms with Crippen molar-refractivity contribution in [1.29, 1.82) is 0 Å². The molecule has 1 aromatic heterocycles. The topological polar surface area (TPSA) is 150 Å². The van der Waals surface area contributed by atoms with Crippen LogP contribution in [-0.4, -0.2) is 85.5 Å². The zero-order valence-electron chi connectivity index (χ0n) is 17.7. The number of nitro benzene ring substituents is 1. The Morgan fingerprint density at radius 3 is 2.09 bits per heavy atom. The second-order valence-corrected chi connectivity index (χ2v) is 7.35. The predicted octanol–water partition coefficient (Wildman–Crippen LogP) is 0.628. The fraction of sp³-hybridized carbons (Fsp3) is 0.474. The SMILES string of the molecule is O=[N+]([O-])c1cc2c(cc1C=NNc1nc(N3CCOCC3)nc(N3CCOCC3)n1)OCO2. The fourth-order valence-electron chi connectivity index (χ4n) is 3.58. The average Bonchev–Trinajstić information content (AvgIpc) is 3.32. The van der Waals surface area contributed by atoms with Crippen LogP contribution in [0.25, 0.3) is 0 Å². The summed E-state index contributed by atoms with van der Waals surface area (Å²) in [5, 5.41) is 15.6. The molecule has 3 aliphatic heterocycles. The summed E-state index contributed by atoms with van der Waals surface area (Å²) < 4.78 is 21.4. The van der Waals surface area contributed by atoms with E-state index in [1.807, 2.05) is 9.80 Å². The van der Waals surface area contributed by atoms with E-state index < -0.39 is 4.92 Å². The molecule has 1 N–H and O–H groups in total. The minimum atomic E-state index is -0.501. The number of nitrogens with zero attached hydrogens (tertiary/aromatic N) is 7. The van der Waals surface area contributed by atoms with E-state index in [0.29, 0.717) is 76.0 Å². The molecule has 5 rings (SSSR count). The molecule has 0 aliphatic carbocycles. The highest BCUT2D eigenvalue weighted by molar-refractivity contribution is 5.87. The lowest BCUT2D eigenvalue weighted by atomic mass is 10.1. The summed E-state index contributed by atoms with van der Waals surface area (Å²) in [6.45, 7) is 5.04. The zero-order chi connectivity index (χ0) is 22.6. The van der Waals surface area contributed by atoms with Crippen LogP contribution < -0.4 is 24.7 Å². The Morgan fingerprint density at radius 2 is 1.52 bits per heavy atom. The van der Waals surface area contributed by atoms with Crippen LogP contribution in [0.1, 0.15) is 5.56 Å². The molecule has 2 aromatic rings. The summed E-state index contributed by atoms with van der Waals surface area (Å²) in [7, 11) is 0. The van der Waals surface area contributed by atoms with Gasteiger partial charge in [0, 0.05) is 26.2 Å². The first kappa shape index (κ1) is 21.1. The van der Waals surface area contributed by atoms with Crippen molar-refractivity contribution in [2.45, 2.75) is 0 Å². The van der Waals surface area contributed by atoms with Crippen molar-refractivity contribution in [3.8, 4) is 11.5 Å². The maximum atomic E-state index is 11.5. The number of aromatic nitrogens is 3. The normalized spacial score (nSPS) is 18.1. The smallest absolute Gasteiger partial charge is 0.282 e. The van der Waals surface area contributed by atoms with Crippen LogP contribution in [0.15, 0.2) is 17.2 Å². The first-order valence-electron chi connectivity index (χ1n) is 10.5. The van der Waals surface area contributed by atoms with Gasteiger partial charge in [0.25, 0.3) is 5.69 Å². The first-order chi connectivity index (χ1) is 16.2. The standard InChI is InChI=1S/C19H22N8O6/c28-27(29)14-10-16-15(32-12-33-16)9-13(14)11-20-24-17-21-18(25-1-5-30-6-2-25)23-19(22-17)26-3-7-31-8-4-26/h9-11H,1-8,12H2,(H,21,22,23,24). The molecule has 1 aromatic carbocycles. The second kappa shape index (κ2) is 9.38. The number of hydrogen-bond donors (Lipinski definition) is 1. The molecule has 2 saturated heterocycles. The third kappa shape index (κ3) is 4.70. The van der Waals surface area contributed by atoms with Crippen molar-refractivity contribution in [2.24, 2.45) is 5.10 Å². The molecule has 0 bridgehead atoms. The van der Waals surface area contributed by atoms with Crippen molar-refractivity contribution in [2.75, 3.05) is 74.6 Å². The molecule has 4 heterocycles. The average molecular weight is 458 g/mol. The van der Waals surface area contributed by atoms with Gasteiger partial charge in [-0.05, 0) is 6.07 Å². The van der Waals surface area contributed by atoms with E-state index in [9.17, 15) is 10.1 Å². The van der Waals surface area contributed by atoms with Gasteiger partial charge in [-0.25, -0.2) is 5.43 Å². The molecular formula is C19H22N8O6. The summed E-state index contributed by atoms with van der Waals surface area (Å²) in [5.74, 6) is 2.01. The second-order valence-electron chi connectivity index (χ2n) is 7.35. The van der Waals surface area contributed by atoms with Gasteiger partial charge >= 0.3 is 0 Å². The molecule has 2 fully saturated rings. The van der Waals surface area contributed by atoms with Gasteiger partial charge in [-0.15, -0.1) is 0 Å². The number of hydrogen-bond acceptors (Lipinski definition) is 13. The molecule has 0 amide bonds. The number of morpholine rings is 2. The van der Waals surface area contributed by atoms with Gasteiger partial charge in [-0.3, -0.25) is 10.1 Å². The quantitative estimate of drug-likeness (QED) is 0.367. The van der Waals surface area contributed by atoms with E-state index in [1.165, 1.54) is 18.3 Å². The van der Waals surface area contributed by atoms with E-state index in [1.54, 1.807) is 0 Å². The summed E-state index contributed by atoms with van der Waals surface area (Å²) in [6, 6.07) is 2.83. The van der Waals surface area contributed by atoms with Gasteiger partial charge in [-0.1, -0.05) is 0 Å². The van der Waals surface area contributed by atoms with Crippen molar-refractivity contribution in [3.05, 3.63) is 27.8 Å². The molecule has 14 nitrogen and oxygen atoms in total. The number of anilines is 3. The van der Waals surface area contributed by atoms with Crippen LogP contribution in [0.2, 0.25) is 0 Å². The number of ether oxygens (including phenoxy) is 4. The molecule has 0 atom stereocenters. The van der Waals surface area contributed by atoms with Gasteiger partial charge in [0.15, 0.2) is 11.5 Å². The minimum absolute atomic E-state index is 0.0187. The van der Waals surface area contributed by atoms with E-state index in [2.05, 4.69) is 25.5 Å². The van der Waals surface area contributed by atoms with Crippen molar-refractivity contribution in [1.82, 2.24) is 15.0 Å². The van der Waals surface area contributed by atoms with E-state index >= 15 is 0 Å². The van der Waals surface area contributed by atoms with Gasteiger partial charge in [0.2, 0.25) is 24.6 Å². The number of nitro groups is 1. The number of benzene rings is 1. The zero-order valence-corrected chi connectivity index (χ0v) is 17.7. The molecule has 0 spiro atoms. The van der Waals surface area contributed by atoms with Crippen molar-refractivity contribution in [3.63, 3.8) is 0 Å². The first-order valence-corrected chi connectivity index (χ1v) is 10.5. The highest BCUT2D eigenvalue weighted by atomic mass is 16.7. The maximum Gasteiger partial charge on any atom is 0.282 e. The summed E-state index contributed by atoms with van der Waals surface area (Å²) in [4.78, 5) is 28.6. The highest BCUT2D eigenvalue weighted by Crippen LogP contribution is 2.37. The van der Waals surface area contributed by atoms with Crippen LogP contribution in [0, 0.1) is 10.1 Å². The van der Waals surface area contributed by atoms with E-state index in [0.717, 1.165) is 0 Å². The van der Waals surface area contributed by atoms with Crippen molar-refractivity contribution >= 4 is 29.7 Å². The fourth-order valence-corrected chi connectivity index (χ4v) is 3.58. The lowest BCUT2D eigenvalue weighted by Gasteiger charge is -2.30. The summed E-state index contributed by atoms with van der Waals surface area (Å²) >= 11 is 0. The third-order valence-electron chi connectivity index (χ3n) is 5.29. The lowest BCUT2D eigenvalue weighted by molar-refractivity contribution is -0.385. The Labute approximate surface area is 188 Å². The molecule has 0 saturated carbocycles. The Morgan fingerprint density at radius 1 is 0.939 bits per heavy atom. The molecule has 33 heavy (non-hydrogen) atoms. The van der Waals surface area contributed by atoms with Crippen LogP contribution >= 0.6 is 0 Å². The number of nitrogens with one attached hydrogen (secondary N) is 1. The number of fused-ring (bicyclic) bond motifs is 1. The molecule has 14 heteroatoms. The summed E-state index contributed by atoms with van der Waals surface area (Å²) in [6.07, 6.45) is 1.33. The summed E-state index contributed by atoms with van der Waals surface area (Å²) in [5.41, 5.74) is 2.89. The van der Waals surface area contributed by atoms with Gasteiger partial charge in [-0.2, -0.15) is 20.1 Å². The maximum absolute atomic E-state index is 11.5. The van der Waals surface area contributed by atoms with Crippen LogP contribution in [0.3, 0.4) is 0 Å². The van der Waals surface area contributed by atoms with Gasteiger partial charge in [0.1, 0.15) is 0 Å². The Bertz CT molecular complexity index is 1020. The van der Waals surface area contributed by atoms with E-state index in [4.69, 9.17) is 18.9 Å².